The van der Waals surface area contributed by atoms with Gasteiger partial charge >= 0.3 is 5.97 Å². The van der Waals surface area contributed by atoms with E-state index in [1.54, 1.807) is 13.8 Å². The van der Waals surface area contributed by atoms with Gasteiger partial charge in [-0.15, -0.1) is 5.10 Å². The Labute approximate surface area is 190 Å². The second-order valence-electron chi connectivity index (χ2n) is 7.64. The average molecular weight is 455 g/mol. The van der Waals surface area contributed by atoms with Crippen molar-refractivity contribution in [2.45, 2.75) is 39.5 Å². The van der Waals surface area contributed by atoms with Crippen LogP contribution in [0.2, 0.25) is 0 Å². The van der Waals surface area contributed by atoms with E-state index in [0.29, 0.717) is 53.2 Å². The number of H-pyrrole nitrogens is 1. The highest BCUT2D eigenvalue weighted by atomic mass is 19.1. The molecule has 0 saturated carbocycles. The zero-order valence-corrected chi connectivity index (χ0v) is 18.8. The van der Waals surface area contributed by atoms with Crippen LogP contribution in [0.4, 0.5) is 10.1 Å². The maximum atomic E-state index is 13.5. The fraction of sp³-hybridized carbons (Fsp3) is 0.348. The number of hydrogen-bond acceptors (Lipinski definition) is 6. The minimum atomic E-state index is -0.475. The van der Waals surface area contributed by atoms with Crippen molar-refractivity contribution in [1.29, 1.82) is 0 Å². The largest absolute Gasteiger partial charge is 0.469 e. The maximum absolute atomic E-state index is 13.5. The molecule has 174 valence electrons. The number of esters is 1. The molecule has 2 heterocycles. The summed E-state index contributed by atoms with van der Waals surface area (Å²) in [7, 11) is 1.36. The minimum absolute atomic E-state index is 0.0202. The number of ether oxygens (including phenoxy) is 1. The predicted molar refractivity (Wildman–Crippen MR) is 122 cm³/mol. The van der Waals surface area contributed by atoms with Crippen molar-refractivity contribution < 1.29 is 23.5 Å². The van der Waals surface area contributed by atoms with Gasteiger partial charge in [0.15, 0.2) is 5.71 Å². The molecular formula is C23H26FN5O4. The van der Waals surface area contributed by atoms with Gasteiger partial charge in [-0.2, -0.15) is 5.10 Å². The number of unbranched alkanes of at least 4 members (excludes halogenated alkanes) is 2. The summed E-state index contributed by atoms with van der Waals surface area (Å²) in [5.74, 6) is -1.38. The van der Waals surface area contributed by atoms with Crippen LogP contribution in [0.15, 0.2) is 28.4 Å². The van der Waals surface area contributed by atoms with Crippen LogP contribution in [0, 0.1) is 19.7 Å². The lowest BCUT2D eigenvalue weighted by molar-refractivity contribution is -0.140. The van der Waals surface area contributed by atoms with Crippen molar-refractivity contribution in [1.82, 2.24) is 10.3 Å². The van der Waals surface area contributed by atoms with Crippen molar-refractivity contribution in [2.75, 3.05) is 19.0 Å². The van der Waals surface area contributed by atoms with Gasteiger partial charge in [0.25, 0.3) is 11.8 Å². The summed E-state index contributed by atoms with van der Waals surface area (Å²) in [4.78, 5) is 38.9. The molecule has 0 fully saturated rings. The molecule has 0 radical (unpaired) electrons. The first kappa shape index (κ1) is 23.8. The lowest BCUT2D eigenvalue weighted by Gasteiger charge is -2.06. The molecule has 9 nitrogen and oxygen atoms in total. The number of halogens is 1. The number of anilines is 1. The third-order valence-electron chi connectivity index (χ3n) is 5.32. The smallest absolute Gasteiger partial charge is 0.305 e. The molecule has 1 aromatic heterocycles. The third kappa shape index (κ3) is 5.71. The molecule has 1 aliphatic heterocycles. The molecule has 2 aromatic rings. The van der Waals surface area contributed by atoms with Crippen LogP contribution in [-0.2, 0) is 14.3 Å². The van der Waals surface area contributed by atoms with Crippen molar-refractivity contribution in [2.24, 2.45) is 10.2 Å². The lowest BCUT2D eigenvalue weighted by Crippen LogP contribution is -2.25. The Morgan fingerprint density at radius 3 is 2.76 bits per heavy atom. The van der Waals surface area contributed by atoms with Crippen LogP contribution in [0.5, 0.6) is 0 Å². The first-order chi connectivity index (χ1) is 15.8. The fourth-order valence-electron chi connectivity index (χ4n) is 3.58. The summed E-state index contributed by atoms with van der Waals surface area (Å²) in [6.45, 7) is 4.06. The molecule has 0 unspecified atom stereocenters. The molecule has 0 bridgehead atoms. The topological polar surface area (TPSA) is 125 Å². The zero-order chi connectivity index (χ0) is 24.0. The number of aromatic nitrogens is 1. The molecule has 0 saturated heterocycles. The third-order valence-corrected chi connectivity index (χ3v) is 5.32. The second kappa shape index (κ2) is 10.7. The fourth-order valence-corrected chi connectivity index (χ4v) is 3.58. The number of nitrogens with one attached hydrogen (secondary N) is 3. The van der Waals surface area contributed by atoms with E-state index < -0.39 is 11.7 Å². The Morgan fingerprint density at radius 1 is 1.21 bits per heavy atom. The summed E-state index contributed by atoms with van der Waals surface area (Å²) in [6, 6.07) is 3.95. The number of aromatic amines is 1. The first-order valence-corrected chi connectivity index (χ1v) is 10.6. The van der Waals surface area contributed by atoms with Crippen molar-refractivity contribution in [3.8, 4) is 0 Å². The number of amides is 2. The van der Waals surface area contributed by atoms with E-state index in [4.69, 9.17) is 0 Å². The van der Waals surface area contributed by atoms with Gasteiger partial charge in [0.1, 0.15) is 5.82 Å². The highest BCUT2D eigenvalue weighted by Gasteiger charge is 2.26. The molecule has 0 spiro atoms. The van der Waals surface area contributed by atoms with Crippen LogP contribution in [0.3, 0.4) is 0 Å². The van der Waals surface area contributed by atoms with E-state index in [1.165, 1.54) is 31.5 Å². The van der Waals surface area contributed by atoms with Gasteiger partial charge in [-0.05, 0) is 50.5 Å². The lowest BCUT2D eigenvalue weighted by atomic mass is 10.1. The van der Waals surface area contributed by atoms with Crippen LogP contribution in [-0.4, -0.2) is 48.3 Å². The number of nitrogens with zero attached hydrogens (tertiary/aromatic N) is 2. The Morgan fingerprint density at radius 2 is 2.00 bits per heavy atom. The average Bonchev–Trinajstić information content (AvgIpc) is 3.24. The van der Waals surface area contributed by atoms with Crippen LogP contribution in [0.25, 0.3) is 0 Å². The first-order valence-electron chi connectivity index (χ1n) is 10.6. The normalized spacial score (nSPS) is 13.9. The molecule has 33 heavy (non-hydrogen) atoms. The second-order valence-corrected chi connectivity index (χ2v) is 7.64. The molecule has 1 aliphatic rings. The number of benzene rings is 1. The van der Waals surface area contributed by atoms with E-state index in [0.717, 1.165) is 12.8 Å². The molecule has 3 rings (SSSR count). The van der Waals surface area contributed by atoms with E-state index in [1.807, 2.05) is 0 Å². The Balaban J connectivity index is 1.61. The van der Waals surface area contributed by atoms with Gasteiger partial charge in [0.05, 0.1) is 30.3 Å². The highest BCUT2D eigenvalue weighted by Crippen LogP contribution is 2.24. The molecule has 0 aliphatic carbocycles. The van der Waals surface area contributed by atoms with Gasteiger partial charge in [-0.1, -0.05) is 6.42 Å². The summed E-state index contributed by atoms with van der Waals surface area (Å²) in [5, 5.41) is 13.4. The number of aryl methyl sites for hydroxylation is 1. The zero-order valence-electron chi connectivity index (χ0n) is 18.8. The molecule has 10 heteroatoms. The van der Waals surface area contributed by atoms with Gasteiger partial charge in [-0.25, -0.2) is 4.39 Å². The molecular weight excluding hydrogens is 429 g/mol. The van der Waals surface area contributed by atoms with Crippen molar-refractivity contribution >= 4 is 35.4 Å². The summed E-state index contributed by atoms with van der Waals surface area (Å²) in [5.41, 5.74) is 3.32. The number of fused-ring (bicyclic) bond motifs is 1. The van der Waals surface area contributed by atoms with Crippen LogP contribution < -0.4 is 10.6 Å². The predicted octanol–water partition coefficient (Wildman–Crippen LogP) is 3.01. The highest BCUT2D eigenvalue weighted by molar-refractivity contribution is 6.53. The molecule has 0 atom stereocenters. The molecule has 2 amide bonds. The summed E-state index contributed by atoms with van der Waals surface area (Å²) >= 11 is 0. The van der Waals surface area contributed by atoms with Crippen LogP contribution in [0.1, 0.15) is 58.6 Å². The van der Waals surface area contributed by atoms with Crippen molar-refractivity contribution in [3.05, 3.63) is 52.1 Å². The van der Waals surface area contributed by atoms with Crippen LogP contribution >= 0.6 is 0 Å². The SMILES string of the molecule is COC(=O)CCCCCNC(=O)c1c(C)[nH]c(C=NN=C2C(=O)Nc3ccc(F)cc32)c1C. The molecule has 1 aromatic carbocycles. The van der Waals surface area contributed by atoms with Gasteiger partial charge in [0, 0.05) is 24.2 Å². The Bertz CT molecular complexity index is 1140. The number of rotatable bonds is 9. The minimum Gasteiger partial charge on any atom is -0.469 e. The quantitative estimate of drug-likeness (QED) is 0.233. The Kier molecular flexibility index (Phi) is 7.70. The molecule has 3 N–H and O–H groups in total. The standard InChI is InChI=1S/C23H26FN5O4/c1-13-18(12-26-29-21-16-11-15(24)8-9-17(16)28-23(21)32)27-14(2)20(13)22(31)25-10-6-4-5-7-19(30)33-3/h8-9,11-12,27H,4-7,10H2,1-3H3,(H,25,31)(H,28,29,32). The van der Waals surface area contributed by atoms with Crippen molar-refractivity contribution in [3.63, 3.8) is 0 Å². The van der Waals surface area contributed by atoms with E-state index in [2.05, 4.69) is 30.6 Å². The van der Waals surface area contributed by atoms with E-state index >= 15 is 0 Å². The Hall–Kier alpha value is -3.82. The van der Waals surface area contributed by atoms with Gasteiger partial charge in [-0.3, -0.25) is 14.4 Å². The van der Waals surface area contributed by atoms with Gasteiger partial charge < -0.3 is 20.4 Å². The van der Waals surface area contributed by atoms with E-state index in [9.17, 15) is 18.8 Å². The number of methoxy groups -OCH3 is 1. The number of carbonyl (C=O) groups excluding carboxylic acids is 3. The summed E-state index contributed by atoms with van der Waals surface area (Å²) < 4.78 is 18.1. The summed E-state index contributed by atoms with van der Waals surface area (Å²) in [6.07, 6.45) is 4.06. The number of carbonyl (C=O) groups is 3. The van der Waals surface area contributed by atoms with Gasteiger partial charge in [0.2, 0.25) is 0 Å². The van der Waals surface area contributed by atoms with E-state index in [-0.39, 0.29) is 17.6 Å². The number of hydrogen-bond donors (Lipinski definition) is 3. The monoisotopic (exact) mass is 455 g/mol. The maximum Gasteiger partial charge on any atom is 0.305 e.